The lowest BCUT2D eigenvalue weighted by atomic mass is 9.80. The normalized spacial score (nSPS) is 23.0. The third-order valence-electron chi connectivity index (χ3n) is 6.16. The summed E-state index contributed by atoms with van der Waals surface area (Å²) in [5, 5.41) is 0. The molecule has 3 atom stereocenters. The zero-order chi connectivity index (χ0) is 22.8. The van der Waals surface area contributed by atoms with Crippen molar-refractivity contribution in [3.05, 3.63) is 54.1 Å². The Morgan fingerprint density at radius 3 is 2.44 bits per heavy atom. The molecule has 2 aromatic carbocycles. The van der Waals surface area contributed by atoms with Crippen molar-refractivity contribution in [2.75, 3.05) is 25.7 Å². The van der Waals surface area contributed by atoms with Crippen molar-refractivity contribution in [1.29, 1.82) is 0 Å². The van der Waals surface area contributed by atoms with Gasteiger partial charge in [-0.25, -0.2) is 9.69 Å². The van der Waals surface area contributed by atoms with Gasteiger partial charge in [0, 0.05) is 16.4 Å². The van der Waals surface area contributed by atoms with E-state index < -0.39 is 6.03 Å². The van der Waals surface area contributed by atoms with Gasteiger partial charge < -0.3 is 14.4 Å². The maximum absolute atomic E-state index is 13.5. The third kappa shape index (κ3) is 4.11. The maximum Gasteiger partial charge on any atom is 0.332 e. The van der Waals surface area contributed by atoms with Crippen LogP contribution in [0.5, 0.6) is 11.5 Å². The number of Topliss-reactive ketones (excluding diaryl/α,β-unsaturated/α-hetero) is 1. The molecule has 0 radical (unpaired) electrons. The number of amides is 3. The molecule has 0 N–H and O–H groups in total. The van der Waals surface area contributed by atoms with Crippen molar-refractivity contribution in [1.82, 2.24) is 4.90 Å². The van der Waals surface area contributed by atoms with Gasteiger partial charge in [-0.05, 0) is 49.6 Å². The van der Waals surface area contributed by atoms with Crippen LogP contribution < -0.4 is 14.4 Å². The van der Waals surface area contributed by atoms with Crippen LogP contribution >= 0.6 is 15.9 Å². The lowest BCUT2D eigenvalue weighted by molar-refractivity contribution is -0.126. The van der Waals surface area contributed by atoms with Crippen molar-refractivity contribution in [3.63, 3.8) is 0 Å². The number of nitrogens with zero attached hydrogens (tertiary/aromatic N) is 2. The number of ketones is 1. The van der Waals surface area contributed by atoms with Crippen LogP contribution in [-0.4, -0.2) is 54.3 Å². The van der Waals surface area contributed by atoms with E-state index in [1.165, 1.54) is 19.1 Å². The van der Waals surface area contributed by atoms with Crippen LogP contribution in [0.3, 0.4) is 0 Å². The Balaban J connectivity index is 1.65. The lowest BCUT2D eigenvalue weighted by Gasteiger charge is -2.47. The minimum Gasteiger partial charge on any atom is -0.493 e. The predicted octanol–water partition coefficient (Wildman–Crippen LogP) is 4.29. The number of imide groups is 1. The summed E-state index contributed by atoms with van der Waals surface area (Å²) in [4.78, 5) is 43.0. The molecule has 1 aliphatic heterocycles. The second kappa shape index (κ2) is 9.32. The third-order valence-corrected chi connectivity index (χ3v) is 6.99. The molecule has 3 unspecified atom stereocenters. The van der Waals surface area contributed by atoms with Crippen LogP contribution in [0.2, 0.25) is 0 Å². The number of alkyl halides is 1. The molecule has 3 amide bonds. The van der Waals surface area contributed by atoms with E-state index >= 15 is 0 Å². The number of methoxy groups -OCH3 is 2. The summed E-state index contributed by atoms with van der Waals surface area (Å²) in [7, 11) is 3.04. The van der Waals surface area contributed by atoms with Crippen molar-refractivity contribution < 1.29 is 23.9 Å². The number of fused-ring (bicyclic) bond motifs is 1. The van der Waals surface area contributed by atoms with Crippen molar-refractivity contribution in [3.8, 4) is 11.5 Å². The Kier molecular flexibility index (Phi) is 6.50. The molecule has 4 rings (SSSR count). The van der Waals surface area contributed by atoms with Gasteiger partial charge in [-0.15, -0.1) is 0 Å². The van der Waals surface area contributed by atoms with Crippen LogP contribution in [0.15, 0.2) is 48.5 Å². The minimum atomic E-state index is -0.454. The first-order valence-electron chi connectivity index (χ1n) is 10.5. The van der Waals surface area contributed by atoms with E-state index in [1.54, 1.807) is 47.4 Å². The van der Waals surface area contributed by atoms with E-state index in [1.807, 2.05) is 6.07 Å². The van der Waals surface area contributed by atoms with Crippen LogP contribution in [0.25, 0.3) is 0 Å². The van der Waals surface area contributed by atoms with E-state index in [9.17, 15) is 14.4 Å². The Morgan fingerprint density at radius 2 is 1.75 bits per heavy atom. The Hall–Kier alpha value is -2.87. The van der Waals surface area contributed by atoms with Crippen LogP contribution in [-0.2, 0) is 4.79 Å². The van der Waals surface area contributed by atoms with Gasteiger partial charge in [0.15, 0.2) is 17.3 Å². The number of urea groups is 1. The van der Waals surface area contributed by atoms with Gasteiger partial charge in [-0.2, -0.15) is 0 Å². The first-order valence-corrected chi connectivity index (χ1v) is 11.4. The van der Waals surface area contributed by atoms with E-state index in [-0.39, 0.29) is 35.0 Å². The van der Waals surface area contributed by atoms with E-state index in [2.05, 4.69) is 15.9 Å². The molecule has 32 heavy (non-hydrogen) atoms. The number of hydrogen-bond acceptors (Lipinski definition) is 5. The molecule has 2 aliphatic rings. The largest absolute Gasteiger partial charge is 0.493 e. The highest BCUT2D eigenvalue weighted by Crippen LogP contribution is 2.39. The molecule has 7 nitrogen and oxygen atoms in total. The van der Waals surface area contributed by atoms with Crippen molar-refractivity contribution >= 4 is 39.3 Å². The quantitative estimate of drug-likeness (QED) is 0.436. The van der Waals surface area contributed by atoms with Gasteiger partial charge in [0.05, 0.1) is 32.4 Å². The standard InChI is InChI=1S/C24H25BrN2O5/c1-31-21-11-8-15(12-22(21)32-2)20(28)14-26-19-10-9-16(25)13-18(19)23(29)27(24(26)30)17-6-4-3-5-7-17/h3-8,11-12,16,18-19H,9-10,13-14H2,1-2H3. The minimum absolute atomic E-state index is 0.112. The summed E-state index contributed by atoms with van der Waals surface area (Å²) < 4.78 is 10.6. The Morgan fingerprint density at radius 1 is 1.03 bits per heavy atom. The summed E-state index contributed by atoms with van der Waals surface area (Å²) in [6.07, 6.45) is 2.13. The smallest absolute Gasteiger partial charge is 0.332 e. The lowest BCUT2D eigenvalue weighted by Crippen LogP contribution is -2.64. The van der Waals surface area contributed by atoms with Crippen LogP contribution in [0.1, 0.15) is 29.6 Å². The summed E-state index contributed by atoms with van der Waals surface area (Å²) in [6, 6.07) is 13.1. The van der Waals surface area contributed by atoms with Gasteiger partial charge in [0.25, 0.3) is 0 Å². The van der Waals surface area contributed by atoms with Gasteiger partial charge in [-0.1, -0.05) is 34.1 Å². The molecule has 0 bridgehead atoms. The molecule has 168 valence electrons. The second-order valence-electron chi connectivity index (χ2n) is 8.00. The SMILES string of the molecule is COc1ccc(C(=O)CN2C(=O)N(c3ccccc3)C(=O)C3CC(Br)CCC32)cc1OC. The van der Waals surface area contributed by atoms with Crippen LogP contribution in [0.4, 0.5) is 10.5 Å². The molecule has 2 aromatic rings. The highest BCUT2D eigenvalue weighted by Gasteiger charge is 2.49. The average molecular weight is 501 g/mol. The van der Waals surface area contributed by atoms with Gasteiger partial charge >= 0.3 is 6.03 Å². The first kappa shape index (κ1) is 22.3. The van der Waals surface area contributed by atoms with Crippen LogP contribution in [0, 0.1) is 5.92 Å². The molecule has 2 fully saturated rings. The van der Waals surface area contributed by atoms with E-state index in [4.69, 9.17) is 9.47 Å². The monoisotopic (exact) mass is 500 g/mol. The maximum atomic E-state index is 13.5. The van der Waals surface area contributed by atoms with E-state index in [0.29, 0.717) is 35.6 Å². The number of benzene rings is 2. The van der Waals surface area contributed by atoms with Gasteiger partial charge in [-0.3, -0.25) is 9.59 Å². The van der Waals surface area contributed by atoms with Crippen molar-refractivity contribution in [2.24, 2.45) is 5.92 Å². The Labute approximate surface area is 195 Å². The topological polar surface area (TPSA) is 76.2 Å². The molecule has 8 heteroatoms. The number of halogens is 1. The van der Waals surface area contributed by atoms with Gasteiger partial charge in [0.2, 0.25) is 5.91 Å². The molecule has 0 spiro atoms. The zero-order valence-electron chi connectivity index (χ0n) is 18.0. The van der Waals surface area contributed by atoms with Gasteiger partial charge in [0.1, 0.15) is 0 Å². The fourth-order valence-electron chi connectivity index (χ4n) is 4.53. The molecule has 0 aromatic heterocycles. The number of anilines is 1. The number of hydrogen-bond donors (Lipinski definition) is 0. The fourth-order valence-corrected chi connectivity index (χ4v) is 5.19. The number of carbonyl (C=O) groups is 3. The highest BCUT2D eigenvalue weighted by atomic mass is 79.9. The summed E-state index contributed by atoms with van der Waals surface area (Å²) >= 11 is 3.64. The number of ether oxygens (including phenoxy) is 2. The number of para-hydroxylation sites is 1. The van der Waals surface area contributed by atoms with Crippen molar-refractivity contribution in [2.45, 2.75) is 30.1 Å². The summed E-state index contributed by atoms with van der Waals surface area (Å²) in [5.41, 5.74) is 0.936. The fraction of sp³-hybridized carbons (Fsp3) is 0.375. The first-order chi connectivity index (χ1) is 15.4. The highest BCUT2D eigenvalue weighted by molar-refractivity contribution is 9.09. The second-order valence-corrected chi connectivity index (χ2v) is 9.29. The summed E-state index contributed by atoms with van der Waals surface area (Å²) in [5.74, 6) is 0.188. The molecule has 1 aliphatic carbocycles. The Bertz CT molecular complexity index is 1030. The molecular formula is C24H25BrN2O5. The number of rotatable bonds is 6. The molecule has 1 heterocycles. The zero-order valence-corrected chi connectivity index (χ0v) is 19.6. The molecule has 1 saturated carbocycles. The number of carbonyl (C=O) groups excluding carboxylic acids is 3. The van der Waals surface area contributed by atoms with E-state index in [0.717, 1.165) is 6.42 Å². The average Bonchev–Trinajstić information content (AvgIpc) is 2.82. The summed E-state index contributed by atoms with van der Waals surface area (Å²) in [6.45, 7) is -0.112. The molecular weight excluding hydrogens is 476 g/mol. The predicted molar refractivity (Wildman–Crippen MR) is 124 cm³/mol. The molecule has 1 saturated heterocycles.